The number of benzene rings is 2. The molecule has 0 aliphatic heterocycles. The number of carbonyl (C=O) groups excluding carboxylic acids is 1. The maximum atomic E-state index is 12.8. The van der Waals surface area contributed by atoms with Crippen molar-refractivity contribution in [1.29, 1.82) is 0 Å². The number of nitrogens with one attached hydrogen (secondary N) is 1. The van der Waals surface area contributed by atoms with Gasteiger partial charge in [0.2, 0.25) is 0 Å². The van der Waals surface area contributed by atoms with Gasteiger partial charge in [-0.2, -0.15) is 0 Å². The predicted molar refractivity (Wildman–Crippen MR) is 86.2 cm³/mol. The van der Waals surface area contributed by atoms with Gasteiger partial charge < -0.3 is 14.8 Å². The molecule has 0 bridgehead atoms. The molecule has 0 fully saturated rings. The van der Waals surface area contributed by atoms with Crippen LogP contribution in [0.5, 0.6) is 11.5 Å². The van der Waals surface area contributed by atoms with E-state index in [0.717, 1.165) is 24.2 Å². The lowest BCUT2D eigenvalue weighted by Gasteiger charge is -2.08. The van der Waals surface area contributed by atoms with Crippen molar-refractivity contribution in [3.8, 4) is 11.5 Å². The molecule has 1 amide bonds. The normalized spacial score (nSPS) is 10.2. The average molecular weight is 317 g/mol. The van der Waals surface area contributed by atoms with E-state index in [9.17, 15) is 9.18 Å². The third kappa shape index (κ3) is 5.98. The Hall–Kier alpha value is -2.56. The van der Waals surface area contributed by atoms with Crippen LogP contribution in [-0.2, 0) is 11.2 Å². The van der Waals surface area contributed by atoms with Gasteiger partial charge in [0, 0.05) is 6.54 Å². The molecule has 0 spiro atoms. The molecule has 1 N–H and O–H groups in total. The Morgan fingerprint density at radius 3 is 2.35 bits per heavy atom. The predicted octanol–water partition coefficient (Wildman–Crippen LogP) is 2.96. The standard InChI is InChI=1S/C18H20FNO3/c1-22-16-8-10-17(11-9-16)23-13-18(21)20-12-2-3-14-4-6-15(19)7-5-14/h4-11H,2-3,12-13H2,1H3,(H,20,21). The average Bonchev–Trinajstić information content (AvgIpc) is 2.59. The molecule has 0 unspecified atom stereocenters. The maximum Gasteiger partial charge on any atom is 0.257 e. The first-order chi connectivity index (χ1) is 11.2. The molecular formula is C18H20FNO3. The quantitative estimate of drug-likeness (QED) is 0.762. The number of rotatable bonds is 8. The van der Waals surface area contributed by atoms with Crippen LogP contribution in [0.4, 0.5) is 4.39 Å². The molecule has 0 aliphatic rings. The Kier molecular flexibility index (Phi) is 6.41. The van der Waals surface area contributed by atoms with Crippen molar-refractivity contribution in [1.82, 2.24) is 5.32 Å². The second kappa shape index (κ2) is 8.78. The van der Waals surface area contributed by atoms with E-state index in [-0.39, 0.29) is 18.3 Å². The van der Waals surface area contributed by atoms with Crippen molar-refractivity contribution in [2.75, 3.05) is 20.3 Å². The summed E-state index contributed by atoms with van der Waals surface area (Å²) in [6, 6.07) is 13.4. The number of hydrogen-bond acceptors (Lipinski definition) is 3. The van der Waals surface area contributed by atoms with Crippen LogP contribution < -0.4 is 14.8 Å². The number of hydrogen-bond donors (Lipinski definition) is 1. The fourth-order valence-electron chi connectivity index (χ4n) is 2.04. The first kappa shape index (κ1) is 16.8. The highest BCUT2D eigenvalue weighted by Gasteiger charge is 2.03. The van der Waals surface area contributed by atoms with Gasteiger partial charge in [-0.05, 0) is 54.8 Å². The van der Waals surface area contributed by atoms with Crippen molar-refractivity contribution < 1.29 is 18.7 Å². The van der Waals surface area contributed by atoms with E-state index in [1.165, 1.54) is 12.1 Å². The lowest BCUT2D eigenvalue weighted by atomic mass is 10.1. The second-order valence-corrected chi connectivity index (χ2v) is 5.04. The first-order valence-electron chi connectivity index (χ1n) is 7.45. The molecule has 0 aromatic heterocycles. The van der Waals surface area contributed by atoms with Crippen LogP contribution >= 0.6 is 0 Å². The van der Waals surface area contributed by atoms with Crippen LogP contribution in [0.2, 0.25) is 0 Å². The van der Waals surface area contributed by atoms with Gasteiger partial charge >= 0.3 is 0 Å². The summed E-state index contributed by atoms with van der Waals surface area (Å²) in [5.74, 6) is 0.951. The van der Waals surface area contributed by atoms with Crippen molar-refractivity contribution in [3.63, 3.8) is 0 Å². The molecule has 0 aliphatic carbocycles. The van der Waals surface area contributed by atoms with E-state index in [2.05, 4.69) is 5.32 Å². The first-order valence-corrected chi connectivity index (χ1v) is 7.45. The van der Waals surface area contributed by atoms with Crippen molar-refractivity contribution in [2.24, 2.45) is 0 Å². The van der Waals surface area contributed by atoms with Crippen molar-refractivity contribution >= 4 is 5.91 Å². The van der Waals surface area contributed by atoms with E-state index >= 15 is 0 Å². The summed E-state index contributed by atoms with van der Waals surface area (Å²) < 4.78 is 23.2. The number of ether oxygens (including phenoxy) is 2. The highest BCUT2D eigenvalue weighted by molar-refractivity contribution is 5.77. The fourth-order valence-corrected chi connectivity index (χ4v) is 2.04. The van der Waals surface area contributed by atoms with E-state index in [1.54, 1.807) is 43.5 Å². The van der Waals surface area contributed by atoms with Gasteiger partial charge in [0.1, 0.15) is 17.3 Å². The largest absolute Gasteiger partial charge is 0.497 e. The number of aryl methyl sites for hydroxylation is 1. The van der Waals surface area contributed by atoms with Crippen LogP contribution in [-0.4, -0.2) is 26.2 Å². The highest BCUT2D eigenvalue weighted by Crippen LogP contribution is 2.16. The monoisotopic (exact) mass is 317 g/mol. The Morgan fingerprint density at radius 1 is 1.04 bits per heavy atom. The van der Waals surface area contributed by atoms with Gasteiger partial charge in [-0.15, -0.1) is 0 Å². The Bertz CT molecular complexity index is 611. The molecule has 122 valence electrons. The summed E-state index contributed by atoms with van der Waals surface area (Å²) >= 11 is 0. The summed E-state index contributed by atoms with van der Waals surface area (Å²) in [5.41, 5.74) is 1.05. The van der Waals surface area contributed by atoms with E-state index in [0.29, 0.717) is 12.3 Å². The molecule has 0 atom stereocenters. The summed E-state index contributed by atoms with van der Waals surface area (Å²) in [6.07, 6.45) is 1.58. The Balaban J connectivity index is 1.62. The summed E-state index contributed by atoms with van der Waals surface area (Å²) in [7, 11) is 1.59. The van der Waals surface area contributed by atoms with Gasteiger partial charge in [0.15, 0.2) is 6.61 Å². The van der Waals surface area contributed by atoms with E-state index < -0.39 is 0 Å². The van der Waals surface area contributed by atoms with Crippen LogP contribution in [0.25, 0.3) is 0 Å². The number of amides is 1. The molecule has 4 nitrogen and oxygen atoms in total. The zero-order valence-corrected chi connectivity index (χ0v) is 13.0. The molecule has 2 aromatic rings. The molecule has 0 saturated heterocycles. The van der Waals surface area contributed by atoms with Crippen LogP contribution in [0, 0.1) is 5.82 Å². The van der Waals surface area contributed by atoms with Gasteiger partial charge in [-0.3, -0.25) is 4.79 Å². The van der Waals surface area contributed by atoms with E-state index in [1.807, 2.05) is 0 Å². The highest BCUT2D eigenvalue weighted by atomic mass is 19.1. The van der Waals surface area contributed by atoms with Gasteiger partial charge in [0.05, 0.1) is 7.11 Å². The third-order valence-electron chi connectivity index (χ3n) is 3.31. The Morgan fingerprint density at radius 2 is 1.70 bits per heavy atom. The molecule has 0 saturated carbocycles. The van der Waals surface area contributed by atoms with Crippen LogP contribution in [0.3, 0.4) is 0 Å². The molecule has 23 heavy (non-hydrogen) atoms. The topological polar surface area (TPSA) is 47.6 Å². The molecule has 0 radical (unpaired) electrons. The molecule has 2 rings (SSSR count). The smallest absolute Gasteiger partial charge is 0.257 e. The van der Waals surface area contributed by atoms with Crippen molar-refractivity contribution in [2.45, 2.75) is 12.8 Å². The Labute approximate surface area is 135 Å². The summed E-state index contributed by atoms with van der Waals surface area (Å²) in [6.45, 7) is 0.533. The molecule has 5 heteroatoms. The maximum absolute atomic E-state index is 12.8. The van der Waals surface area contributed by atoms with Crippen molar-refractivity contribution in [3.05, 3.63) is 59.9 Å². The molecule has 0 heterocycles. The number of methoxy groups -OCH3 is 1. The summed E-state index contributed by atoms with van der Waals surface area (Å²) in [5, 5.41) is 2.79. The zero-order valence-electron chi connectivity index (χ0n) is 13.0. The van der Waals surface area contributed by atoms with Crippen LogP contribution in [0.1, 0.15) is 12.0 Å². The minimum absolute atomic E-state index is 0.0249. The lowest BCUT2D eigenvalue weighted by molar-refractivity contribution is -0.123. The van der Waals surface area contributed by atoms with Gasteiger partial charge in [0.25, 0.3) is 5.91 Å². The number of halogens is 1. The second-order valence-electron chi connectivity index (χ2n) is 5.04. The zero-order chi connectivity index (χ0) is 16.5. The minimum Gasteiger partial charge on any atom is -0.497 e. The lowest BCUT2D eigenvalue weighted by Crippen LogP contribution is -2.29. The fraction of sp³-hybridized carbons (Fsp3) is 0.278. The molecule has 2 aromatic carbocycles. The summed E-state index contributed by atoms with van der Waals surface area (Å²) in [4.78, 5) is 11.7. The SMILES string of the molecule is COc1ccc(OCC(=O)NCCCc2ccc(F)cc2)cc1. The number of carbonyl (C=O) groups is 1. The van der Waals surface area contributed by atoms with Gasteiger partial charge in [-0.1, -0.05) is 12.1 Å². The molecular weight excluding hydrogens is 297 g/mol. The third-order valence-corrected chi connectivity index (χ3v) is 3.31. The van der Waals surface area contributed by atoms with E-state index in [4.69, 9.17) is 9.47 Å². The minimum atomic E-state index is -0.238. The van der Waals surface area contributed by atoms with Gasteiger partial charge in [-0.25, -0.2) is 4.39 Å². The van der Waals surface area contributed by atoms with Crippen LogP contribution in [0.15, 0.2) is 48.5 Å².